The number of fused-ring (bicyclic) bond motifs is 1. The van der Waals surface area contributed by atoms with Crippen LogP contribution in [0.25, 0.3) is 6.08 Å². The largest absolute Gasteiger partial charge is 0.507 e. The Hall–Kier alpha value is -4.25. The first-order chi connectivity index (χ1) is 16.6. The molecule has 0 radical (unpaired) electrons. The first kappa shape index (κ1) is 23.9. The molecule has 0 bridgehead atoms. The summed E-state index contributed by atoms with van der Waals surface area (Å²) in [5.74, 6) is -1.71. The van der Waals surface area contributed by atoms with E-state index in [-0.39, 0.29) is 22.3 Å². The van der Waals surface area contributed by atoms with E-state index in [9.17, 15) is 29.9 Å². The fourth-order valence-electron chi connectivity index (χ4n) is 3.84. The second kappa shape index (κ2) is 9.18. The monoisotopic (exact) mass is 495 g/mol. The summed E-state index contributed by atoms with van der Waals surface area (Å²) >= 11 is 1.01. The van der Waals surface area contributed by atoms with E-state index in [4.69, 9.17) is 4.74 Å². The molecule has 35 heavy (non-hydrogen) atoms. The number of phenols is 2. The van der Waals surface area contributed by atoms with Gasteiger partial charge in [-0.1, -0.05) is 41.2 Å². The number of nitrogens with zero attached hydrogens (tertiary/aromatic N) is 3. The number of aromatic nitrogens is 1. The topological polar surface area (TPSA) is 144 Å². The van der Waals surface area contributed by atoms with E-state index in [1.807, 2.05) is 31.2 Å². The summed E-state index contributed by atoms with van der Waals surface area (Å²) in [6, 6.07) is 8.42. The predicted octanol–water partition coefficient (Wildman–Crippen LogP) is 2.43. The summed E-state index contributed by atoms with van der Waals surface area (Å²) in [5.41, 5.74) is 1.20. The van der Waals surface area contributed by atoms with E-state index in [1.54, 1.807) is 13.8 Å². The Balaban J connectivity index is 1.97. The van der Waals surface area contributed by atoms with Crippen molar-refractivity contribution in [3.8, 4) is 11.5 Å². The van der Waals surface area contributed by atoms with Crippen LogP contribution < -0.4 is 14.9 Å². The summed E-state index contributed by atoms with van der Waals surface area (Å²) < 4.78 is 6.76. The Morgan fingerprint density at radius 2 is 1.91 bits per heavy atom. The number of carbonyl (C=O) groups excluding carboxylic acids is 1. The van der Waals surface area contributed by atoms with Crippen LogP contribution in [-0.4, -0.2) is 32.3 Å². The Kier molecular flexibility index (Phi) is 6.27. The third-order valence-electron chi connectivity index (χ3n) is 5.52. The molecule has 11 heteroatoms. The minimum absolute atomic E-state index is 0.0204. The van der Waals surface area contributed by atoms with Gasteiger partial charge in [-0.15, -0.1) is 0 Å². The summed E-state index contributed by atoms with van der Waals surface area (Å²) in [4.78, 5) is 41.6. The van der Waals surface area contributed by atoms with E-state index in [2.05, 4.69) is 4.99 Å². The zero-order valence-corrected chi connectivity index (χ0v) is 19.8. The van der Waals surface area contributed by atoms with E-state index < -0.39 is 39.7 Å². The molecule has 1 aliphatic heterocycles. The lowest BCUT2D eigenvalue weighted by Gasteiger charge is -2.24. The molecule has 0 unspecified atom stereocenters. The van der Waals surface area contributed by atoms with E-state index in [1.165, 1.54) is 10.6 Å². The second-order valence-corrected chi connectivity index (χ2v) is 8.88. The van der Waals surface area contributed by atoms with E-state index in [0.717, 1.165) is 29.0 Å². The molecular weight excluding hydrogens is 474 g/mol. The molecule has 1 aliphatic rings. The number of aryl methyl sites for hydroxylation is 1. The lowest BCUT2D eigenvalue weighted by atomic mass is 9.95. The molecule has 0 aliphatic carbocycles. The number of hydrogen-bond donors (Lipinski definition) is 2. The molecule has 0 saturated heterocycles. The second-order valence-electron chi connectivity index (χ2n) is 7.87. The van der Waals surface area contributed by atoms with E-state index in [0.29, 0.717) is 16.1 Å². The van der Waals surface area contributed by atoms with Gasteiger partial charge in [-0.3, -0.25) is 19.5 Å². The van der Waals surface area contributed by atoms with Crippen LogP contribution >= 0.6 is 11.3 Å². The van der Waals surface area contributed by atoms with Gasteiger partial charge in [0, 0.05) is 17.7 Å². The van der Waals surface area contributed by atoms with Crippen LogP contribution in [0.4, 0.5) is 5.69 Å². The number of rotatable bonds is 5. The van der Waals surface area contributed by atoms with Crippen molar-refractivity contribution in [3.63, 3.8) is 0 Å². The van der Waals surface area contributed by atoms with Gasteiger partial charge < -0.3 is 14.9 Å². The van der Waals surface area contributed by atoms with Crippen LogP contribution in [0.3, 0.4) is 0 Å². The molecule has 0 saturated carbocycles. The van der Waals surface area contributed by atoms with Gasteiger partial charge in [-0.25, -0.2) is 9.79 Å². The molecule has 0 amide bonds. The van der Waals surface area contributed by atoms with Crippen LogP contribution in [0.1, 0.15) is 36.6 Å². The normalized spacial score (nSPS) is 15.5. The fourth-order valence-corrected chi connectivity index (χ4v) is 4.88. The third-order valence-corrected chi connectivity index (χ3v) is 6.50. The molecular formula is C24H21N3O7S. The standard InChI is InChI=1S/C24H21N3O7S/c1-4-34-23(31)20-13(3)25-24-26(21(20)14-7-5-12(2)6-8-14)22(30)19(35-24)10-15-9-16(27(32)33)18(29)11-17(15)28/h5-11,21,28-29H,4H2,1-3H3/b19-10+/t21-/m0/s1. The summed E-state index contributed by atoms with van der Waals surface area (Å²) in [6.45, 7) is 5.43. The number of benzene rings is 2. The molecule has 2 N–H and O–H groups in total. The number of nitro groups is 1. The average Bonchev–Trinajstić information content (AvgIpc) is 3.09. The molecule has 0 fully saturated rings. The Morgan fingerprint density at radius 3 is 2.54 bits per heavy atom. The molecule has 1 aromatic heterocycles. The van der Waals surface area contributed by atoms with Crippen molar-refractivity contribution in [1.29, 1.82) is 0 Å². The molecule has 10 nitrogen and oxygen atoms in total. The van der Waals surface area contributed by atoms with Gasteiger partial charge in [0.15, 0.2) is 10.6 Å². The highest BCUT2D eigenvalue weighted by molar-refractivity contribution is 7.07. The molecule has 180 valence electrons. The first-order valence-electron chi connectivity index (χ1n) is 10.6. The number of hydrogen-bond acceptors (Lipinski definition) is 9. The number of ether oxygens (including phenoxy) is 1. The molecule has 3 aromatic rings. The van der Waals surface area contributed by atoms with Gasteiger partial charge in [0.2, 0.25) is 0 Å². The van der Waals surface area contributed by atoms with Gasteiger partial charge in [-0.2, -0.15) is 0 Å². The number of esters is 1. The van der Waals surface area contributed by atoms with Crippen molar-refractivity contribution in [3.05, 3.63) is 94.2 Å². The van der Waals surface area contributed by atoms with Gasteiger partial charge in [0.25, 0.3) is 5.56 Å². The van der Waals surface area contributed by atoms with E-state index >= 15 is 0 Å². The maximum atomic E-state index is 13.5. The van der Waals surface area contributed by atoms with Gasteiger partial charge in [0.05, 0.1) is 33.4 Å². The minimum atomic E-state index is -0.796. The number of carbonyl (C=O) groups is 1. The number of nitro benzene ring substituents is 1. The highest BCUT2D eigenvalue weighted by Crippen LogP contribution is 2.34. The molecule has 1 atom stereocenters. The smallest absolute Gasteiger partial charge is 0.338 e. The number of allylic oxidation sites excluding steroid dienone is 1. The molecule has 0 spiro atoms. The highest BCUT2D eigenvalue weighted by Gasteiger charge is 2.33. The SMILES string of the molecule is CCOC(=O)C1=C(C)N=c2s/c(=C/c3cc([N+](=O)[O-])c(O)cc3O)c(=O)n2[C@H]1c1ccc(C)cc1. The predicted molar refractivity (Wildman–Crippen MR) is 128 cm³/mol. The van der Waals surface area contributed by atoms with Crippen LogP contribution in [0.2, 0.25) is 0 Å². The molecule has 2 heterocycles. The number of aromatic hydroxyl groups is 2. The van der Waals surface area contributed by atoms with Crippen molar-refractivity contribution < 1.29 is 24.7 Å². The number of phenolic OH excluding ortho intramolecular Hbond substituents is 2. The van der Waals surface area contributed by atoms with Crippen molar-refractivity contribution in [2.24, 2.45) is 4.99 Å². The Morgan fingerprint density at radius 1 is 1.23 bits per heavy atom. The lowest BCUT2D eigenvalue weighted by molar-refractivity contribution is -0.385. The van der Waals surface area contributed by atoms with Crippen LogP contribution in [0.5, 0.6) is 11.5 Å². The lowest BCUT2D eigenvalue weighted by Crippen LogP contribution is -2.39. The third kappa shape index (κ3) is 4.33. The van der Waals surface area contributed by atoms with Crippen molar-refractivity contribution in [2.45, 2.75) is 26.8 Å². The van der Waals surface area contributed by atoms with Crippen LogP contribution in [0, 0.1) is 17.0 Å². The maximum absolute atomic E-state index is 13.5. The average molecular weight is 496 g/mol. The summed E-state index contributed by atoms with van der Waals surface area (Å²) in [5, 5.41) is 31.1. The number of thiazole rings is 1. The first-order valence-corrected chi connectivity index (χ1v) is 11.4. The molecule has 4 rings (SSSR count). The molecule has 2 aromatic carbocycles. The minimum Gasteiger partial charge on any atom is -0.507 e. The van der Waals surface area contributed by atoms with Gasteiger partial charge >= 0.3 is 11.7 Å². The van der Waals surface area contributed by atoms with Crippen LogP contribution in [0.15, 0.2) is 57.5 Å². The van der Waals surface area contributed by atoms with Crippen LogP contribution in [-0.2, 0) is 9.53 Å². The maximum Gasteiger partial charge on any atom is 0.338 e. The van der Waals surface area contributed by atoms with Gasteiger partial charge in [-0.05, 0) is 32.4 Å². The van der Waals surface area contributed by atoms with Crippen molar-refractivity contribution >= 4 is 29.1 Å². The van der Waals surface area contributed by atoms with Gasteiger partial charge in [0.1, 0.15) is 5.75 Å². The van der Waals surface area contributed by atoms with Crippen molar-refractivity contribution in [1.82, 2.24) is 4.57 Å². The highest BCUT2D eigenvalue weighted by atomic mass is 32.1. The zero-order valence-electron chi connectivity index (χ0n) is 19.0. The fraction of sp³-hybridized carbons (Fsp3) is 0.208. The van der Waals surface area contributed by atoms with Crippen molar-refractivity contribution in [2.75, 3.05) is 6.61 Å². The summed E-state index contributed by atoms with van der Waals surface area (Å²) in [7, 11) is 0. The summed E-state index contributed by atoms with van der Waals surface area (Å²) in [6.07, 6.45) is 1.29. The Labute approximate surface area is 202 Å². The Bertz CT molecular complexity index is 1570. The quantitative estimate of drug-likeness (QED) is 0.314. The zero-order chi connectivity index (χ0) is 25.4.